The van der Waals surface area contributed by atoms with Gasteiger partial charge in [-0.3, -0.25) is 0 Å². The van der Waals surface area contributed by atoms with Gasteiger partial charge in [0.15, 0.2) is 0 Å². The van der Waals surface area contributed by atoms with Crippen molar-refractivity contribution in [2.24, 2.45) is 0 Å². The lowest BCUT2D eigenvalue weighted by atomic mass is 9.99. The van der Waals surface area contributed by atoms with Crippen LogP contribution in [0.4, 0.5) is 13.2 Å². The summed E-state index contributed by atoms with van der Waals surface area (Å²) in [6.07, 6.45) is 0. The maximum atomic E-state index is 14.3. The molecule has 0 bridgehead atoms. The second-order valence-electron chi connectivity index (χ2n) is 5.18. The average molecular weight is 328 g/mol. The van der Waals surface area contributed by atoms with Crippen LogP contribution in [0.5, 0.6) is 0 Å². The fraction of sp³-hybridized carbons (Fsp3) is 0.143. The van der Waals surface area contributed by atoms with Crippen molar-refractivity contribution in [1.29, 1.82) is 0 Å². The first-order chi connectivity index (χ1) is 11.5. The lowest BCUT2D eigenvalue weighted by molar-refractivity contribution is 0.585. The van der Waals surface area contributed by atoms with Crippen molar-refractivity contribution in [3.05, 3.63) is 83.7 Å². The lowest BCUT2D eigenvalue weighted by Gasteiger charge is -2.08. The molecule has 0 aliphatic heterocycles. The van der Waals surface area contributed by atoms with Gasteiger partial charge in [-0.25, -0.2) is 13.2 Å². The van der Waals surface area contributed by atoms with Crippen molar-refractivity contribution >= 4 is 0 Å². The SMILES string of the molecule is CC.Cc1ccc(-c2ccc(-c3ccc(F)cc3F)cc2F)cc1. The standard InChI is InChI=1S/C19H13F3.C2H6/c1-12-2-4-13(5-3-12)16-8-6-14(10-18(16)21)17-9-7-15(20)11-19(17)22;1-2/h2-11H,1H3;1-2H3. The van der Waals surface area contributed by atoms with Crippen molar-refractivity contribution in [2.75, 3.05) is 0 Å². The zero-order chi connectivity index (χ0) is 17.7. The third kappa shape index (κ3) is 3.85. The summed E-state index contributed by atoms with van der Waals surface area (Å²) in [5.74, 6) is -1.80. The normalized spacial score (nSPS) is 10.1. The lowest BCUT2D eigenvalue weighted by Crippen LogP contribution is -1.90. The molecule has 0 saturated heterocycles. The van der Waals surface area contributed by atoms with Crippen LogP contribution in [0.3, 0.4) is 0 Å². The zero-order valence-corrected chi connectivity index (χ0v) is 13.9. The third-order valence-corrected chi connectivity index (χ3v) is 3.57. The molecule has 0 aromatic heterocycles. The minimum Gasteiger partial charge on any atom is -0.207 e. The Labute approximate surface area is 140 Å². The summed E-state index contributed by atoms with van der Waals surface area (Å²) in [5, 5.41) is 0. The van der Waals surface area contributed by atoms with Gasteiger partial charge in [0.25, 0.3) is 0 Å². The van der Waals surface area contributed by atoms with E-state index in [1.807, 2.05) is 45.0 Å². The topological polar surface area (TPSA) is 0 Å². The van der Waals surface area contributed by atoms with Crippen molar-refractivity contribution in [3.63, 3.8) is 0 Å². The van der Waals surface area contributed by atoms with Crippen molar-refractivity contribution in [3.8, 4) is 22.3 Å². The summed E-state index contributed by atoms with van der Waals surface area (Å²) in [6, 6.07) is 15.3. The van der Waals surface area contributed by atoms with Gasteiger partial charge in [-0.15, -0.1) is 0 Å². The fourth-order valence-corrected chi connectivity index (χ4v) is 2.37. The first-order valence-electron chi connectivity index (χ1n) is 7.86. The molecule has 0 aliphatic rings. The van der Waals surface area contributed by atoms with E-state index >= 15 is 0 Å². The van der Waals surface area contributed by atoms with E-state index in [4.69, 9.17) is 0 Å². The van der Waals surface area contributed by atoms with Crippen LogP contribution in [0.2, 0.25) is 0 Å². The number of hydrogen-bond donors (Lipinski definition) is 0. The Kier molecular flexibility index (Phi) is 5.80. The summed E-state index contributed by atoms with van der Waals surface area (Å²) in [5.41, 5.74) is 2.86. The van der Waals surface area contributed by atoms with Crippen LogP contribution < -0.4 is 0 Å². The van der Waals surface area contributed by atoms with Crippen molar-refractivity contribution in [2.45, 2.75) is 20.8 Å². The molecule has 0 saturated carbocycles. The number of benzene rings is 3. The Morgan fingerprint density at radius 3 is 1.67 bits per heavy atom. The molecule has 0 nitrogen and oxygen atoms in total. The highest BCUT2D eigenvalue weighted by molar-refractivity contribution is 5.71. The monoisotopic (exact) mass is 328 g/mol. The van der Waals surface area contributed by atoms with Gasteiger partial charge in [0, 0.05) is 17.2 Å². The van der Waals surface area contributed by atoms with Crippen LogP contribution in [-0.2, 0) is 0 Å². The molecule has 0 amide bonds. The number of halogens is 3. The molecule has 0 fully saturated rings. The highest BCUT2D eigenvalue weighted by atomic mass is 19.1. The van der Waals surface area contributed by atoms with Crippen LogP contribution in [0.25, 0.3) is 22.3 Å². The van der Waals surface area contributed by atoms with Gasteiger partial charge in [0.2, 0.25) is 0 Å². The van der Waals surface area contributed by atoms with E-state index in [0.717, 1.165) is 23.3 Å². The van der Waals surface area contributed by atoms with Crippen LogP contribution in [-0.4, -0.2) is 0 Å². The molecule has 124 valence electrons. The molecule has 3 heteroatoms. The summed E-state index contributed by atoms with van der Waals surface area (Å²) < 4.78 is 41.1. The quantitative estimate of drug-likeness (QED) is 0.487. The smallest absolute Gasteiger partial charge is 0.133 e. The average Bonchev–Trinajstić information content (AvgIpc) is 2.58. The molecule has 0 N–H and O–H groups in total. The zero-order valence-electron chi connectivity index (χ0n) is 13.9. The number of rotatable bonds is 2. The molecular formula is C21H19F3. The van der Waals surface area contributed by atoms with Gasteiger partial charge in [-0.1, -0.05) is 55.8 Å². The van der Waals surface area contributed by atoms with Gasteiger partial charge in [0.05, 0.1) is 0 Å². The van der Waals surface area contributed by atoms with Crippen molar-refractivity contribution in [1.82, 2.24) is 0 Å². The van der Waals surface area contributed by atoms with Gasteiger partial charge in [0.1, 0.15) is 17.5 Å². The molecular weight excluding hydrogens is 309 g/mol. The second kappa shape index (κ2) is 7.82. The molecule has 3 aromatic rings. The first-order valence-corrected chi connectivity index (χ1v) is 7.86. The second-order valence-corrected chi connectivity index (χ2v) is 5.18. The minimum absolute atomic E-state index is 0.177. The summed E-state index contributed by atoms with van der Waals surface area (Å²) in [7, 11) is 0. The van der Waals surface area contributed by atoms with Crippen LogP contribution in [0.1, 0.15) is 19.4 Å². The molecule has 0 spiro atoms. The molecule has 0 radical (unpaired) electrons. The molecule has 24 heavy (non-hydrogen) atoms. The molecule has 0 aliphatic carbocycles. The molecule has 0 heterocycles. The maximum Gasteiger partial charge on any atom is 0.133 e. The van der Waals surface area contributed by atoms with E-state index in [-0.39, 0.29) is 5.56 Å². The van der Waals surface area contributed by atoms with E-state index < -0.39 is 17.5 Å². The minimum atomic E-state index is -0.706. The van der Waals surface area contributed by atoms with E-state index in [0.29, 0.717) is 11.1 Å². The fourth-order valence-electron chi connectivity index (χ4n) is 2.37. The molecule has 3 rings (SSSR count). The Morgan fingerprint density at radius 1 is 0.583 bits per heavy atom. The van der Waals surface area contributed by atoms with E-state index in [9.17, 15) is 13.2 Å². The molecule has 0 atom stereocenters. The highest BCUT2D eigenvalue weighted by Crippen LogP contribution is 2.29. The summed E-state index contributed by atoms with van der Waals surface area (Å²) >= 11 is 0. The third-order valence-electron chi connectivity index (χ3n) is 3.57. The van der Waals surface area contributed by atoms with Crippen molar-refractivity contribution < 1.29 is 13.2 Å². The van der Waals surface area contributed by atoms with Gasteiger partial charge >= 0.3 is 0 Å². The Bertz CT molecular complexity index is 821. The van der Waals surface area contributed by atoms with Crippen LogP contribution in [0, 0.1) is 24.4 Å². The van der Waals surface area contributed by atoms with E-state index in [2.05, 4.69) is 0 Å². The largest absolute Gasteiger partial charge is 0.207 e. The molecule has 0 unspecified atom stereocenters. The van der Waals surface area contributed by atoms with Gasteiger partial charge < -0.3 is 0 Å². The van der Waals surface area contributed by atoms with E-state index in [1.54, 1.807) is 12.1 Å². The first kappa shape index (κ1) is 17.8. The van der Waals surface area contributed by atoms with Gasteiger partial charge in [-0.05, 0) is 36.2 Å². The van der Waals surface area contributed by atoms with Gasteiger partial charge in [-0.2, -0.15) is 0 Å². The Hall–Kier alpha value is -2.55. The van der Waals surface area contributed by atoms with Crippen LogP contribution in [0.15, 0.2) is 60.7 Å². The maximum absolute atomic E-state index is 14.3. The predicted octanol–water partition coefficient (Wildman–Crippen LogP) is 6.77. The van der Waals surface area contributed by atoms with E-state index in [1.165, 1.54) is 12.1 Å². The number of hydrogen-bond acceptors (Lipinski definition) is 0. The van der Waals surface area contributed by atoms with Crippen LogP contribution >= 0.6 is 0 Å². The highest BCUT2D eigenvalue weighted by Gasteiger charge is 2.10. The Morgan fingerprint density at radius 2 is 1.08 bits per heavy atom. The number of aryl methyl sites for hydroxylation is 1. The predicted molar refractivity (Wildman–Crippen MR) is 93.3 cm³/mol. The summed E-state index contributed by atoms with van der Waals surface area (Å²) in [6.45, 7) is 5.96. The Balaban J connectivity index is 0.00000100. The molecule has 3 aromatic carbocycles. The summed E-state index contributed by atoms with van der Waals surface area (Å²) in [4.78, 5) is 0.